The normalized spacial score (nSPS) is 12.6. The number of rotatable bonds is 12. The lowest BCUT2D eigenvalue weighted by Gasteiger charge is -2.40. The Morgan fingerprint density at radius 3 is 1.40 bits per heavy atom. The lowest BCUT2D eigenvalue weighted by molar-refractivity contribution is -0.158. The molecule has 0 aliphatic heterocycles. The standard InChI is InChI=1S/C36H39FO9S2/c1-35(2,3)44-32(38)24-42-30-18-13-19-31(43-25-33(39)45-36(4,5)6)34(30)47(27-14-9-7-10-15-27,28-16-11-8-12-17-28)46-48(40,41)29-22-20-26(37)21-23-29/h7-23H,24-25H2,1-6H3. The van der Waals surface area contributed by atoms with E-state index in [9.17, 15) is 22.4 Å². The zero-order valence-corrected chi connectivity index (χ0v) is 29.2. The van der Waals surface area contributed by atoms with Crippen LogP contribution in [0.1, 0.15) is 41.5 Å². The Morgan fingerprint density at radius 2 is 1.00 bits per heavy atom. The van der Waals surface area contributed by atoms with Gasteiger partial charge < -0.3 is 18.9 Å². The highest BCUT2D eigenvalue weighted by atomic mass is 32.3. The van der Waals surface area contributed by atoms with Gasteiger partial charge in [-0.05, 0) is 113 Å². The molecule has 0 amide bonds. The smallest absolute Gasteiger partial charge is 0.344 e. The summed E-state index contributed by atoms with van der Waals surface area (Å²) in [5, 5.41) is 0. The van der Waals surface area contributed by atoms with E-state index in [0.29, 0.717) is 9.79 Å². The van der Waals surface area contributed by atoms with E-state index < -0.39 is 62.6 Å². The number of ether oxygens (including phenoxy) is 4. The summed E-state index contributed by atoms with van der Waals surface area (Å²) in [5.74, 6) is -1.89. The SMILES string of the molecule is CC(C)(C)OC(=O)COc1cccc(OCC(=O)OC(C)(C)C)c1S(OS(=O)(=O)c1ccc(F)cc1)(c1ccccc1)c1ccccc1. The second-order valence-corrected chi connectivity index (χ2v) is 16.9. The lowest BCUT2D eigenvalue weighted by Crippen LogP contribution is -2.28. The molecule has 0 heterocycles. The molecule has 0 unspecified atom stereocenters. The second-order valence-electron chi connectivity index (χ2n) is 12.5. The monoisotopic (exact) mass is 698 g/mol. The number of hydrogen-bond donors (Lipinski definition) is 0. The van der Waals surface area contributed by atoms with Crippen LogP contribution in [-0.2, 0) is 32.8 Å². The molecule has 0 radical (unpaired) electrons. The van der Waals surface area contributed by atoms with Crippen LogP contribution in [0.2, 0.25) is 0 Å². The van der Waals surface area contributed by atoms with Crippen LogP contribution in [0.15, 0.2) is 123 Å². The topological polar surface area (TPSA) is 114 Å². The fourth-order valence-corrected chi connectivity index (χ4v) is 9.91. The number of benzene rings is 4. The highest BCUT2D eigenvalue weighted by Gasteiger charge is 2.43. The van der Waals surface area contributed by atoms with Gasteiger partial charge in [-0.25, -0.2) is 17.6 Å². The van der Waals surface area contributed by atoms with Gasteiger partial charge in [0.25, 0.3) is 0 Å². The summed E-state index contributed by atoms with van der Waals surface area (Å²) in [6.45, 7) is 9.23. The molecule has 0 bridgehead atoms. The van der Waals surface area contributed by atoms with Gasteiger partial charge in [0.2, 0.25) is 0 Å². The van der Waals surface area contributed by atoms with Gasteiger partial charge in [0, 0.05) is 9.79 Å². The predicted molar refractivity (Wildman–Crippen MR) is 179 cm³/mol. The molecule has 0 saturated heterocycles. The zero-order valence-electron chi connectivity index (χ0n) is 27.6. The summed E-state index contributed by atoms with van der Waals surface area (Å²) in [7, 11) is -8.06. The van der Waals surface area contributed by atoms with Crippen molar-refractivity contribution in [1.29, 1.82) is 0 Å². The van der Waals surface area contributed by atoms with Crippen molar-refractivity contribution in [1.82, 2.24) is 0 Å². The molecule has 256 valence electrons. The first-order chi connectivity index (χ1) is 22.5. The number of carbonyl (C=O) groups is 2. The predicted octanol–water partition coefficient (Wildman–Crippen LogP) is 7.87. The van der Waals surface area contributed by atoms with E-state index in [4.69, 9.17) is 22.6 Å². The Hall–Kier alpha value is -4.39. The van der Waals surface area contributed by atoms with Crippen molar-refractivity contribution in [3.05, 3.63) is 109 Å². The molecule has 0 aliphatic carbocycles. The fraction of sp³-hybridized carbons (Fsp3) is 0.278. The van der Waals surface area contributed by atoms with Gasteiger partial charge in [-0.15, -0.1) is 0 Å². The minimum absolute atomic E-state index is 0.0413. The maximum atomic E-state index is 14.2. The average molecular weight is 699 g/mol. The molecule has 0 fully saturated rings. The van der Waals surface area contributed by atoms with Crippen LogP contribution in [0.25, 0.3) is 0 Å². The van der Waals surface area contributed by atoms with E-state index in [1.807, 2.05) is 0 Å². The van der Waals surface area contributed by atoms with Crippen molar-refractivity contribution >= 4 is 32.4 Å². The molecular weight excluding hydrogens is 660 g/mol. The lowest BCUT2D eigenvalue weighted by atomic mass is 10.2. The van der Waals surface area contributed by atoms with Crippen LogP contribution in [0.5, 0.6) is 11.5 Å². The molecule has 4 aromatic carbocycles. The first kappa shape index (κ1) is 36.4. The van der Waals surface area contributed by atoms with E-state index in [1.54, 1.807) is 120 Å². The number of carbonyl (C=O) groups excluding carboxylic acids is 2. The first-order valence-corrected chi connectivity index (χ1v) is 17.9. The molecule has 0 spiro atoms. The van der Waals surface area contributed by atoms with Gasteiger partial charge >= 0.3 is 22.1 Å². The summed E-state index contributed by atoms with van der Waals surface area (Å²) in [4.78, 5) is 26.3. The van der Waals surface area contributed by atoms with E-state index in [0.717, 1.165) is 24.3 Å². The van der Waals surface area contributed by atoms with Crippen LogP contribution in [0, 0.1) is 5.82 Å². The molecule has 0 N–H and O–H groups in total. The minimum atomic E-state index is -4.65. The second kappa shape index (κ2) is 14.8. The maximum Gasteiger partial charge on any atom is 0.344 e. The Labute approximate surface area is 282 Å². The third-order valence-corrected chi connectivity index (χ3v) is 11.4. The van der Waals surface area contributed by atoms with Crippen LogP contribution < -0.4 is 9.47 Å². The van der Waals surface area contributed by atoms with Gasteiger partial charge in [0.15, 0.2) is 13.2 Å². The van der Waals surface area contributed by atoms with Crippen molar-refractivity contribution in [2.24, 2.45) is 0 Å². The van der Waals surface area contributed by atoms with E-state index in [2.05, 4.69) is 0 Å². The molecule has 4 rings (SSSR count). The van der Waals surface area contributed by atoms with Crippen LogP contribution in [-0.4, -0.2) is 44.8 Å². The van der Waals surface area contributed by atoms with E-state index in [1.165, 1.54) is 0 Å². The van der Waals surface area contributed by atoms with Crippen molar-refractivity contribution in [2.45, 2.75) is 72.3 Å². The van der Waals surface area contributed by atoms with Crippen LogP contribution >= 0.6 is 10.3 Å². The molecule has 0 aromatic heterocycles. The number of esters is 2. The quantitative estimate of drug-likeness (QED) is 0.136. The molecule has 12 heteroatoms. The largest absolute Gasteiger partial charge is 0.481 e. The maximum absolute atomic E-state index is 14.2. The van der Waals surface area contributed by atoms with Gasteiger partial charge in [-0.3, -0.25) is 0 Å². The van der Waals surface area contributed by atoms with Crippen molar-refractivity contribution < 1.29 is 45.0 Å². The van der Waals surface area contributed by atoms with Crippen LogP contribution in [0.4, 0.5) is 4.39 Å². The molecule has 48 heavy (non-hydrogen) atoms. The summed E-state index contributed by atoms with van der Waals surface area (Å²) in [6, 6.07) is 26.1. The van der Waals surface area contributed by atoms with Gasteiger partial charge in [-0.2, -0.15) is 8.42 Å². The van der Waals surface area contributed by atoms with E-state index in [-0.39, 0.29) is 21.3 Å². The Bertz CT molecular complexity index is 1730. The van der Waals surface area contributed by atoms with Crippen molar-refractivity contribution in [2.75, 3.05) is 13.2 Å². The van der Waals surface area contributed by atoms with Crippen molar-refractivity contribution in [3.8, 4) is 11.5 Å². The molecular formula is C36H39FO9S2. The Morgan fingerprint density at radius 1 is 0.583 bits per heavy atom. The summed E-state index contributed by atoms with van der Waals surface area (Å²) in [5.41, 5.74) is -1.59. The number of hydrogen-bond acceptors (Lipinski definition) is 9. The van der Waals surface area contributed by atoms with Gasteiger partial charge in [-0.1, -0.05) is 42.5 Å². The number of halogens is 1. The van der Waals surface area contributed by atoms with Crippen LogP contribution in [0.3, 0.4) is 0 Å². The Kier molecular flexibility index (Phi) is 11.2. The van der Waals surface area contributed by atoms with Gasteiger partial charge in [0.1, 0.15) is 33.4 Å². The molecule has 4 aromatic rings. The Balaban J connectivity index is 2.01. The van der Waals surface area contributed by atoms with Crippen molar-refractivity contribution in [3.63, 3.8) is 0 Å². The summed E-state index contributed by atoms with van der Waals surface area (Å²) in [6.07, 6.45) is 0. The third-order valence-electron chi connectivity index (χ3n) is 6.21. The fourth-order valence-electron chi connectivity index (χ4n) is 4.51. The molecule has 0 aliphatic rings. The average Bonchev–Trinajstić information content (AvgIpc) is 3.01. The summed E-state index contributed by atoms with van der Waals surface area (Å²) >= 11 is 0. The summed E-state index contributed by atoms with van der Waals surface area (Å²) < 4.78 is 71.7. The minimum Gasteiger partial charge on any atom is -0.481 e. The van der Waals surface area contributed by atoms with E-state index >= 15 is 0 Å². The highest BCUT2D eigenvalue weighted by Crippen LogP contribution is 2.74. The molecule has 0 saturated carbocycles. The third kappa shape index (κ3) is 9.36. The highest BCUT2D eigenvalue weighted by molar-refractivity contribution is 8.33. The van der Waals surface area contributed by atoms with Gasteiger partial charge in [0.05, 0.1) is 4.90 Å². The molecule has 9 nitrogen and oxygen atoms in total. The zero-order chi connectivity index (χ0) is 35.2. The first-order valence-electron chi connectivity index (χ1n) is 15.0. The molecule has 0 atom stereocenters.